The molecular formula is C23H22N2O6S. The molecule has 1 atom stereocenters. The molecule has 3 heterocycles. The lowest BCUT2D eigenvalue weighted by molar-refractivity contribution is -0.139. The van der Waals surface area contributed by atoms with Gasteiger partial charge in [-0.15, -0.1) is 0 Å². The summed E-state index contributed by atoms with van der Waals surface area (Å²) >= 11 is 1.23. The highest BCUT2D eigenvalue weighted by atomic mass is 32.1. The van der Waals surface area contributed by atoms with Crippen molar-refractivity contribution in [2.24, 2.45) is 4.99 Å². The number of hydrogen-bond acceptors (Lipinski definition) is 8. The van der Waals surface area contributed by atoms with Gasteiger partial charge >= 0.3 is 5.97 Å². The largest absolute Gasteiger partial charge is 0.497 e. The van der Waals surface area contributed by atoms with Crippen LogP contribution in [0.1, 0.15) is 31.2 Å². The summed E-state index contributed by atoms with van der Waals surface area (Å²) in [6.45, 7) is 3.67. The molecule has 1 aromatic carbocycles. The molecule has 0 bridgehead atoms. The zero-order chi connectivity index (χ0) is 22.8. The number of carbonyl (C=O) groups excluding carboxylic acids is 1. The maximum absolute atomic E-state index is 13.5. The first-order valence-corrected chi connectivity index (χ1v) is 10.7. The second-order valence-corrected chi connectivity index (χ2v) is 7.93. The number of fused-ring (bicyclic) bond motifs is 1. The van der Waals surface area contributed by atoms with E-state index in [0.717, 1.165) is 0 Å². The maximum atomic E-state index is 13.5. The fourth-order valence-electron chi connectivity index (χ4n) is 3.63. The molecule has 0 fully saturated rings. The molecule has 0 aliphatic carbocycles. The van der Waals surface area contributed by atoms with Crippen molar-refractivity contribution in [3.8, 4) is 11.5 Å². The Morgan fingerprint density at radius 3 is 2.75 bits per heavy atom. The Balaban J connectivity index is 2.01. The van der Waals surface area contributed by atoms with E-state index in [1.54, 1.807) is 57.4 Å². The Morgan fingerprint density at radius 2 is 2.09 bits per heavy atom. The van der Waals surface area contributed by atoms with Crippen LogP contribution in [0, 0.1) is 0 Å². The smallest absolute Gasteiger partial charge is 0.338 e. The summed E-state index contributed by atoms with van der Waals surface area (Å²) in [7, 11) is 3.08. The van der Waals surface area contributed by atoms with Crippen LogP contribution < -0.4 is 24.4 Å². The highest BCUT2D eigenvalue weighted by Crippen LogP contribution is 2.37. The van der Waals surface area contributed by atoms with Gasteiger partial charge in [0.2, 0.25) is 0 Å². The van der Waals surface area contributed by atoms with E-state index in [2.05, 4.69) is 4.99 Å². The zero-order valence-corrected chi connectivity index (χ0v) is 18.9. The second-order valence-electron chi connectivity index (χ2n) is 6.93. The fourth-order valence-corrected chi connectivity index (χ4v) is 4.66. The Labute approximate surface area is 187 Å². The number of carbonyl (C=O) groups is 1. The number of esters is 1. The summed E-state index contributed by atoms with van der Waals surface area (Å²) in [6.07, 6.45) is 3.20. The standard InChI is InChI=1S/C23H22N2O6S/c1-5-30-22(27)19-13(2)24-23-25(21(26)18(32-23)12-15-7-6-10-31-15)20(19)16-9-8-14(28-3)11-17(16)29-4/h6-12,20H,5H2,1-4H3/b18-12-/t20-/m0/s1. The lowest BCUT2D eigenvalue weighted by Crippen LogP contribution is -2.40. The molecular weight excluding hydrogens is 432 g/mol. The molecule has 2 aromatic heterocycles. The first-order valence-electron chi connectivity index (χ1n) is 9.93. The van der Waals surface area contributed by atoms with Crippen LogP contribution in [0.15, 0.2) is 62.1 Å². The van der Waals surface area contributed by atoms with E-state index < -0.39 is 12.0 Å². The predicted molar refractivity (Wildman–Crippen MR) is 119 cm³/mol. The fraction of sp³-hybridized carbons (Fsp3) is 0.261. The van der Waals surface area contributed by atoms with Crippen molar-refractivity contribution in [2.45, 2.75) is 19.9 Å². The Morgan fingerprint density at radius 1 is 1.28 bits per heavy atom. The molecule has 4 rings (SSSR count). The van der Waals surface area contributed by atoms with Gasteiger partial charge in [-0.2, -0.15) is 0 Å². The van der Waals surface area contributed by atoms with Crippen molar-refractivity contribution in [2.75, 3.05) is 20.8 Å². The normalized spacial score (nSPS) is 15.9. The number of allylic oxidation sites excluding steroid dienone is 1. The number of ether oxygens (including phenoxy) is 3. The zero-order valence-electron chi connectivity index (χ0n) is 18.1. The molecule has 166 valence electrons. The molecule has 0 radical (unpaired) electrons. The third-order valence-electron chi connectivity index (χ3n) is 5.07. The number of furan rings is 1. The lowest BCUT2D eigenvalue weighted by atomic mass is 9.95. The highest BCUT2D eigenvalue weighted by Gasteiger charge is 2.35. The Hall–Kier alpha value is -3.59. The molecule has 1 aliphatic heterocycles. The maximum Gasteiger partial charge on any atom is 0.338 e. The van der Waals surface area contributed by atoms with Crippen molar-refractivity contribution in [3.63, 3.8) is 0 Å². The third-order valence-corrected chi connectivity index (χ3v) is 6.05. The van der Waals surface area contributed by atoms with Crippen LogP contribution in [-0.4, -0.2) is 31.4 Å². The average Bonchev–Trinajstić information content (AvgIpc) is 3.40. The van der Waals surface area contributed by atoms with Crippen molar-refractivity contribution >= 4 is 23.4 Å². The van der Waals surface area contributed by atoms with Gasteiger partial charge in [-0.3, -0.25) is 9.36 Å². The van der Waals surface area contributed by atoms with E-state index in [9.17, 15) is 9.59 Å². The summed E-state index contributed by atoms with van der Waals surface area (Å²) in [6, 6.07) is 7.99. The topological polar surface area (TPSA) is 92.3 Å². The van der Waals surface area contributed by atoms with Crippen LogP contribution in [0.2, 0.25) is 0 Å². The molecule has 3 aromatic rings. The van der Waals surface area contributed by atoms with Crippen LogP contribution in [0.5, 0.6) is 11.5 Å². The molecule has 32 heavy (non-hydrogen) atoms. The Bertz CT molecular complexity index is 1360. The minimum atomic E-state index is -0.773. The van der Waals surface area contributed by atoms with Gasteiger partial charge in [-0.05, 0) is 38.1 Å². The van der Waals surface area contributed by atoms with E-state index in [0.29, 0.717) is 37.9 Å². The number of benzene rings is 1. The molecule has 0 spiro atoms. The van der Waals surface area contributed by atoms with Crippen LogP contribution in [-0.2, 0) is 9.53 Å². The molecule has 0 saturated carbocycles. The van der Waals surface area contributed by atoms with Crippen molar-refractivity contribution < 1.29 is 23.4 Å². The van der Waals surface area contributed by atoms with Crippen LogP contribution in [0.3, 0.4) is 0 Å². The number of hydrogen-bond donors (Lipinski definition) is 0. The number of nitrogens with zero attached hydrogens (tertiary/aromatic N) is 2. The molecule has 8 nitrogen and oxygen atoms in total. The number of aromatic nitrogens is 1. The lowest BCUT2D eigenvalue weighted by Gasteiger charge is -2.26. The summed E-state index contributed by atoms with van der Waals surface area (Å²) in [4.78, 5) is 31.5. The van der Waals surface area contributed by atoms with E-state index in [4.69, 9.17) is 18.6 Å². The van der Waals surface area contributed by atoms with Gasteiger partial charge in [-0.1, -0.05) is 11.3 Å². The second kappa shape index (κ2) is 8.88. The summed E-state index contributed by atoms with van der Waals surface area (Å²) in [5.41, 5.74) is 1.10. The van der Waals surface area contributed by atoms with Gasteiger partial charge in [0.25, 0.3) is 5.56 Å². The molecule has 9 heteroatoms. The first kappa shape index (κ1) is 21.6. The van der Waals surface area contributed by atoms with Crippen LogP contribution in [0.4, 0.5) is 0 Å². The van der Waals surface area contributed by atoms with Gasteiger partial charge < -0.3 is 18.6 Å². The van der Waals surface area contributed by atoms with E-state index in [-0.39, 0.29) is 17.7 Å². The third kappa shape index (κ3) is 3.75. The van der Waals surface area contributed by atoms with Gasteiger partial charge in [0, 0.05) is 17.7 Å². The molecule has 0 unspecified atom stereocenters. The minimum absolute atomic E-state index is 0.199. The van der Waals surface area contributed by atoms with E-state index in [1.807, 2.05) is 0 Å². The first-order chi connectivity index (χ1) is 15.5. The van der Waals surface area contributed by atoms with Gasteiger partial charge in [0.1, 0.15) is 23.3 Å². The quantitative estimate of drug-likeness (QED) is 0.531. The number of methoxy groups -OCH3 is 2. The average molecular weight is 455 g/mol. The monoisotopic (exact) mass is 454 g/mol. The van der Waals surface area contributed by atoms with Gasteiger partial charge in [0.15, 0.2) is 4.80 Å². The van der Waals surface area contributed by atoms with E-state index >= 15 is 0 Å². The van der Waals surface area contributed by atoms with Crippen LogP contribution in [0.25, 0.3) is 6.08 Å². The minimum Gasteiger partial charge on any atom is -0.497 e. The SMILES string of the molecule is CCOC(=O)C1=C(C)N=c2s/c(=C\c3ccco3)c(=O)n2[C@H]1c1ccc(OC)cc1OC. The summed E-state index contributed by atoms with van der Waals surface area (Å²) < 4.78 is 23.5. The van der Waals surface area contributed by atoms with Gasteiger partial charge in [-0.25, -0.2) is 9.79 Å². The summed E-state index contributed by atoms with van der Waals surface area (Å²) in [5.74, 6) is 1.09. The molecule has 0 amide bonds. The summed E-state index contributed by atoms with van der Waals surface area (Å²) in [5, 5.41) is 0. The molecule has 0 N–H and O–H groups in total. The van der Waals surface area contributed by atoms with E-state index in [1.165, 1.54) is 29.3 Å². The van der Waals surface area contributed by atoms with Crippen molar-refractivity contribution in [1.82, 2.24) is 4.57 Å². The Kier molecular flexibility index (Phi) is 6.00. The van der Waals surface area contributed by atoms with Crippen LogP contribution >= 0.6 is 11.3 Å². The number of thiazole rings is 1. The highest BCUT2D eigenvalue weighted by molar-refractivity contribution is 7.07. The molecule has 0 saturated heterocycles. The number of rotatable bonds is 6. The van der Waals surface area contributed by atoms with Crippen molar-refractivity contribution in [1.29, 1.82) is 0 Å². The van der Waals surface area contributed by atoms with Gasteiger partial charge in [0.05, 0.1) is 42.9 Å². The van der Waals surface area contributed by atoms with Crippen molar-refractivity contribution in [3.05, 3.63) is 78.9 Å². The predicted octanol–water partition coefficient (Wildman–Crippen LogP) is 2.41. The molecule has 1 aliphatic rings.